The molecule has 2 N–H and O–H groups in total. The number of aryl methyl sites for hydroxylation is 2. The minimum atomic E-state index is -0.0566. The zero-order chi connectivity index (χ0) is 13.4. The maximum Gasteiger partial charge on any atom is 0.248 e. The SMILES string of the molecule is CCCCSCC(=O)NNc1nc(C)cc(C)n1. The van der Waals surface area contributed by atoms with Crippen molar-refractivity contribution in [1.29, 1.82) is 0 Å². The lowest BCUT2D eigenvalue weighted by Crippen LogP contribution is -2.32. The molecule has 0 spiro atoms. The number of aromatic nitrogens is 2. The Morgan fingerprint density at radius 1 is 1.33 bits per heavy atom. The number of thioether (sulfide) groups is 1. The number of carbonyl (C=O) groups is 1. The number of nitrogens with zero attached hydrogens (tertiary/aromatic N) is 2. The molecule has 0 aliphatic carbocycles. The molecule has 1 rings (SSSR count). The van der Waals surface area contributed by atoms with Crippen LogP contribution in [0.2, 0.25) is 0 Å². The van der Waals surface area contributed by atoms with E-state index in [0.717, 1.165) is 30.0 Å². The van der Waals surface area contributed by atoms with E-state index < -0.39 is 0 Å². The quantitative estimate of drug-likeness (QED) is 0.585. The number of hydrazine groups is 1. The summed E-state index contributed by atoms with van der Waals surface area (Å²) >= 11 is 1.63. The third-order valence-electron chi connectivity index (χ3n) is 2.17. The van der Waals surface area contributed by atoms with Crippen LogP contribution >= 0.6 is 11.8 Å². The smallest absolute Gasteiger partial charge is 0.248 e. The third kappa shape index (κ3) is 5.86. The molecule has 0 saturated carbocycles. The van der Waals surface area contributed by atoms with E-state index in [1.165, 1.54) is 0 Å². The number of rotatable bonds is 7. The summed E-state index contributed by atoms with van der Waals surface area (Å²) in [5, 5.41) is 0. The van der Waals surface area contributed by atoms with Crippen LogP contribution in [0.1, 0.15) is 31.2 Å². The molecule has 0 fully saturated rings. The topological polar surface area (TPSA) is 66.9 Å². The molecule has 100 valence electrons. The highest BCUT2D eigenvalue weighted by Crippen LogP contribution is 2.04. The first-order valence-electron chi connectivity index (χ1n) is 6.06. The molecule has 1 aromatic rings. The second-order valence-corrected chi connectivity index (χ2v) is 5.16. The van der Waals surface area contributed by atoms with Crippen LogP contribution in [0.3, 0.4) is 0 Å². The molecule has 18 heavy (non-hydrogen) atoms. The summed E-state index contributed by atoms with van der Waals surface area (Å²) in [7, 11) is 0. The molecular formula is C12H20N4OS. The van der Waals surface area contributed by atoms with Crippen LogP contribution in [0.4, 0.5) is 5.95 Å². The van der Waals surface area contributed by atoms with Gasteiger partial charge in [0.25, 0.3) is 0 Å². The maximum atomic E-state index is 11.5. The van der Waals surface area contributed by atoms with Gasteiger partial charge in [-0.1, -0.05) is 13.3 Å². The average molecular weight is 268 g/mol. The highest BCUT2D eigenvalue weighted by atomic mass is 32.2. The van der Waals surface area contributed by atoms with Gasteiger partial charge in [-0.15, -0.1) is 0 Å². The van der Waals surface area contributed by atoms with E-state index in [0.29, 0.717) is 11.7 Å². The fourth-order valence-electron chi connectivity index (χ4n) is 1.35. The molecule has 0 atom stereocenters. The Bertz CT molecular complexity index is 377. The molecule has 0 aliphatic heterocycles. The molecule has 0 saturated heterocycles. The van der Waals surface area contributed by atoms with Gasteiger partial charge in [0, 0.05) is 11.4 Å². The summed E-state index contributed by atoms with van der Waals surface area (Å²) in [5.74, 6) is 1.85. The summed E-state index contributed by atoms with van der Waals surface area (Å²) in [5.41, 5.74) is 7.07. The molecule has 5 nitrogen and oxygen atoms in total. The van der Waals surface area contributed by atoms with E-state index in [9.17, 15) is 4.79 Å². The van der Waals surface area contributed by atoms with Gasteiger partial charge in [0.2, 0.25) is 11.9 Å². The van der Waals surface area contributed by atoms with Gasteiger partial charge in [-0.3, -0.25) is 15.6 Å². The standard InChI is InChI=1S/C12H20N4OS/c1-4-5-6-18-8-11(17)15-16-12-13-9(2)7-10(3)14-12/h7H,4-6,8H2,1-3H3,(H,15,17)(H,13,14,16). The van der Waals surface area contributed by atoms with Crippen molar-refractivity contribution in [3.63, 3.8) is 0 Å². The monoisotopic (exact) mass is 268 g/mol. The first-order chi connectivity index (χ1) is 8.61. The zero-order valence-corrected chi connectivity index (χ0v) is 11.9. The van der Waals surface area contributed by atoms with Gasteiger partial charge in [-0.05, 0) is 32.1 Å². The number of amides is 1. The van der Waals surface area contributed by atoms with Crippen LogP contribution in [-0.4, -0.2) is 27.4 Å². The lowest BCUT2D eigenvalue weighted by molar-refractivity contribution is -0.118. The van der Waals surface area contributed by atoms with Crippen LogP contribution in [0.25, 0.3) is 0 Å². The van der Waals surface area contributed by atoms with Crippen molar-refractivity contribution < 1.29 is 4.79 Å². The van der Waals surface area contributed by atoms with E-state index in [4.69, 9.17) is 0 Å². The van der Waals surface area contributed by atoms with Crippen LogP contribution in [-0.2, 0) is 4.79 Å². The number of nitrogens with one attached hydrogen (secondary N) is 2. The zero-order valence-electron chi connectivity index (χ0n) is 11.1. The van der Waals surface area contributed by atoms with Crippen LogP contribution in [0.5, 0.6) is 0 Å². The minimum Gasteiger partial charge on any atom is -0.272 e. The summed E-state index contributed by atoms with van der Waals surface area (Å²) in [6.07, 6.45) is 2.30. The van der Waals surface area contributed by atoms with E-state index in [-0.39, 0.29) is 5.91 Å². The minimum absolute atomic E-state index is 0.0566. The Labute approximate surface area is 112 Å². The number of unbranched alkanes of at least 4 members (excludes halogenated alkanes) is 1. The fourth-order valence-corrected chi connectivity index (χ4v) is 2.25. The summed E-state index contributed by atoms with van der Waals surface area (Å²) in [6.45, 7) is 5.92. The van der Waals surface area contributed by atoms with Crippen LogP contribution in [0, 0.1) is 13.8 Å². The van der Waals surface area contributed by atoms with Gasteiger partial charge in [0.1, 0.15) is 0 Å². The van der Waals surface area contributed by atoms with Gasteiger partial charge in [-0.25, -0.2) is 9.97 Å². The third-order valence-corrected chi connectivity index (χ3v) is 3.22. The fraction of sp³-hybridized carbons (Fsp3) is 0.583. The highest BCUT2D eigenvalue weighted by molar-refractivity contribution is 7.99. The van der Waals surface area contributed by atoms with Gasteiger partial charge in [-0.2, -0.15) is 11.8 Å². The van der Waals surface area contributed by atoms with Gasteiger partial charge >= 0.3 is 0 Å². The number of carbonyl (C=O) groups excluding carboxylic acids is 1. The van der Waals surface area contributed by atoms with Crippen LogP contribution in [0.15, 0.2) is 6.07 Å². The van der Waals surface area contributed by atoms with Crippen molar-refractivity contribution in [2.75, 3.05) is 16.9 Å². The van der Waals surface area contributed by atoms with Gasteiger partial charge in [0.05, 0.1) is 5.75 Å². The van der Waals surface area contributed by atoms with Crippen molar-refractivity contribution in [3.05, 3.63) is 17.5 Å². The summed E-state index contributed by atoms with van der Waals surface area (Å²) in [6, 6.07) is 1.88. The largest absolute Gasteiger partial charge is 0.272 e. The molecule has 0 aliphatic rings. The number of hydrogen-bond donors (Lipinski definition) is 2. The molecule has 1 amide bonds. The normalized spacial score (nSPS) is 10.2. The Morgan fingerprint density at radius 2 is 2.00 bits per heavy atom. The predicted molar refractivity (Wildman–Crippen MR) is 75.5 cm³/mol. The van der Waals surface area contributed by atoms with Crippen molar-refractivity contribution in [3.8, 4) is 0 Å². The molecule has 1 aromatic heterocycles. The summed E-state index contributed by atoms with van der Waals surface area (Å²) in [4.78, 5) is 19.8. The molecule has 0 bridgehead atoms. The van der Waals surface area contributed by atoms with Crippen molar-refractivity contribution >= 4 is 23.6 Å². The average Bonchev–Trinajstić information content (AvgIpc) is 2.31. The Kier molecular flexibility index (Phi) is 6.49. The Morgan fingerprint density at radius 3 is 2.61 bits per heavy atom. The van der Waals surface area contributed by atoms with E-state index in [1.54, 1.807) is 11.8 Å². The first-order valence-corrected chi connectivity index (χ1v) is 7.22. The molecular weight excluding hydrogens is 248 g/mol. The van der Waals surface area contributed by atoms with E-state index in [2.05, 4.69) is 27.7 Å². The van der Waals surface area contributed by atoms with E-state index in [1.807, 2.05) is 19.9 Å². The molecule has 1 heterocycles. The number of hydrogen-bond acceptors (Lipinski definition) is 5. The van der Waals surface area contributed by atoms with E-state index >= 15 is 0 Å². The second-order valence-electron chi connectivity index (χ2n) is 4.05. The molecule has 0 unspecified atom stereocenters. The first kappa shape index (κ1) is 14.8. The van der Waals surface area contributed by atoms with Crippen molar-refractivity contribution in [1.82, 2.24) is 15.4 Å². The molecule has 0 radical (unpaired) electrons. The maximum absolute atomic E-state index is 11.5. The molecule has 6 heteroatoms. The van der Waals surface area contributed by atoms with Gasteiger partial charge in [0.15, 0.2) is 0 Å². The predicted octanol–water partition coefficient (Wildman–Crippen LogP) is 2.07. The molecule has 0 aromatic carbocycles. The van der Waals surface area contributed by atoms with Crippen molar-refractivity contribution in [2.24, 2.45) is 0 Å². The highest BCUT2D eigenvalue weighted by Gasteiger charge is 2.03. The van der Waals surface area contributed by atoms with Gasteiger partial charge < -0.3 is 0 Å². The lowest BCUT2D eigenvalue weighted by atomic mass is 10.4. The Hall–Kier alpha value is -1.30. The second kappa shape index (κ2) is 7.92. The van der Waals surface area contributed by atoms with Crippen molar-refractivity contribution in [2.45, 2.75) is 33.6 Å². The van der Waals surface area contributed by atoms with Crippen LogP contribution < -0.4 is 10.9 Å². The number of anilines is 1. The summed E-state index contributed by atoms with van der Waals surface area (Å²) < 4.78 is 0. The Balaban J connectivity index is 2.29. The lowest BCUT2D eigenvalue weighted by Gasteiger charge is -2.08.